The van der Waals surface area contributed by atoms with Crippen molar-refractivity contribution in [3.63, 3.8) is 0 Å². The van der Waals surface area contributed by atoms with E-state index in [1.165, 1.54) is 26.2 Å². The molecule has 7 nitrogen and oxygen atoms in total. The van der Waals surface area contributed by atoms with Gasteiger partial charge in [-0.25, -0.2) is 30.3 Å². The molecule has 0 aliphatic carbocycles. The SMILES string of the molecule is CN(C)S(=O)(=O)CCNS(=O)(=O)c1cccc(F)c1CN. The maximum absolute atomic E-state index is 13.5. The fourth-order valence-corrected chi connectivity index (χ4v) is 3.70. The summed E-state index contributed by atoms with van der Waals surface area (Å²) in [7, 11) is -4.85. The first-order valence-electron chi connectivity index (χ1n) is 5.99. The van der Waals surface area contributed by atoms with E-state index < -0.39 is 31.6 Å². The number of nitrogens with two attached hydrogens (primary N) is 1. The van der Waals surface area contributed by atoms with Crippen LogP contribution in [0.25, 0.3) is 0 Å². The first-order valence-corrected chi connectivity index (χ1v) is 9.08. The molecule has 0 radical (unpaired) electrons. The minimum Gasteiger partial charge on any atom is -0.326 e. The van der Waals surface area contributed by atoms with Gasteiger partial charge in [-0.1, -0.05) is 6.07 Å². The lowest BCUT2D eigenvalue weighted by Crippen LogP contribution is -2.34. The van der Waals surface area contributed by atoms with Crippen LogP contribution in [0.1, 0.15) is 5.56 Å². The lowest BCUT2D eigenvalue weighted by molar-refractivity contribution is 0.519. The molecule has 0 unspecified atom stereocenters. The van der Waals surface area contributed by atoms with Gasteiger partial charge in [-0.05, 0) is 12.1 Å². The van der Waals surface area contributed by atoms with Gasteiger partial charge in [0.1, 0.15) is 5.82 Å². The van der Waals surface area contributed by atoms with Gasteiger partial charge in [-0.15, -0.1) is 0 Å². The second-order valence-corrected chi connectivity index (χ2v) is 8.45. The number of hydrogen-bond acceptors (Lipinski definition) is 5. The molecule has 10 heteroatoms. The number of halogens is 1. The van der Waals surface area contributed by atoms with Crippen LogP contribution in [0, 0.1) is 5.82 Å². The van der Waals surface area contributed by atoms with Gasteiger partial charge >= 0.3 is 0 Å². The quantitative estimate of drug-likeness (QED) is 0.693. The third kappa shape index (κ3) is 4.45. The second-order valence-electron chi connectivity index (χ2n) is 4.42. The summed E-state index contributed by atoms with van der Waals surface area (Å²) < 4.78 is 63.9. The van der Waals surface area contributed by atoms with Crippen molar-refractivity contribution in [2.45, 2.75) is 11.4 Å². The van der Waals surface area contributed by atoms with Crippen molar-refractivity contribution in [1.29, 1.82) is 0 Å². The molecule has 0 atom stereocenters. The summed E-state index contributed by atoms with van der Waals surface area (Å²) in [6.45, 7) is -0.595. The van der Waals surface area contributed by atoms with Gasteiger partial charge in [0.2, 0.25) is 20.0 Å². The molecule has 3 N–H and O–H groups in total. The molecule has 0 heterocycles. The zero-order valence-corrected chi connectivity index (χ0v) is 13.3. The van der Waals surface area contributed by atoms with Crippen LogP contribution in [0.5, 0.6) is 0 Å². The Hall–Kier alpha value is -1.07. The number of rotatable bonds is 7. The van der Waals surface area contributed by atoms with Crippen molar-refractivity contribution in [2.75, 3.05) is 26.4 Å². The van der Waals surface area contributed by atoms with Crippen molar-refractivity contribution in [3.8, 4) is 0 Å². The fraction of sp³-hybridized carbons (Fsp3) is 0.455. The molecule has 0 amide bonds. The highest BCUT2D eigenvalue weighted by Crippen LogP contribution is 2.18. The molecule has 0 aromatic heterocycles. The topological polar surface area (TPSA) is 110 Å². The van der Waals surface area contributed by atoms with Crippen LogP contribution in [0.4, 0.5) is 4.39 Å². The summed E-state index contributed by atoms with van der Waals surface area (Å²) in [6.07, 6.45) is 0. The van der Waals surface area contributed by atoms with Crippen LogP contribution < -0.4 is 10.5 Å². The van der Waals surface area contributed by atoms with Gasteiger partial charge in [0, 0.05) is 32.7 Å². The van der Waals surface area contributed by atoms with Crippen LogP contribution in [0.15, 0.2) is 23.1 Å². The van der Waals surface area contributed by atoms with Crippen LogP contribution in [-0.2, 0) is 26.6 Å². The average molecular weight is 339 g/mol. The smallest absolute Gasteiger partial charge is 0.241 e. The van der Waals surface area contributed by atoms with E-state index in [2.05, 4.69) is 4.72 Å². The molecule has 1 rings (SSSR count). The van der Waals surface area contributed by atoms with Crippen LogP contribution in [0.3, 0.4) is 0 Å². The monoisotopic (exact) mass is 339 g/mol. The molecule has 0 bridgehead atoms. The highest BCUT2D eigenvalue weighted by molar-refractivity contribution is 7.90. The van der Waals surface area contributed by atoms with Gasteiger partial charge in [-0.2, -0.15) is 0 Å². The molecule has 120 valence electrons. The zero-order chi connectivity index (χ0) is 16.3. The molecule has 0 aliphatic heterocycles. The summed E-state index contributed by atoms with van der Waals surface area (Å²) >= 11 is 0. The number of nitrogens with one attached hydrogen (secondary N) is 1. The summed E-state index contributed by atoms with van der Waals surface area (Å²) in [5.41, 5.74) is 5.21. The largest absolute Gasteiger partial charge is 0.326 e. The first kappa shape index (κ1) is 18.0. The van der Waals surface area contributed by atoms with Gasteiger partial charge in [0.15, 0.2) is 0 Å². The van der Waals surface area contributed by atoms with E-state index in [1.54, 1.807) is 0 Å². The molecule has 0 spiro atoms. The molecule has 1 aromatic rings. The Labute approximate surface area is 124 Å². The third-order valence-electron chi connectivity index (χ3n) is 2.78. The summed E-state index contributed by atoms with van der Waals surface area (Å²) in [5.74, 6) is -1.12. The van der Waals surface area contributed by atoms with Crippen molar-refractivity contribution in [1.82, 2.24) is 9.03 Å². The number of sulfonamides is 2. The van der Waals surface area contributed by atoms with Crippen LogP contribution in [0.2, 0.25) is 0 Å². The minimum atomic E-state index is -4.03. The maximum atomic E-state index is 13.5. The van der Waals surface area contributed by atoms with Gasteiger partial charge in [0.25, 0.3) is 0 Å². The first-order chi connectivity index (χ1) is 9.62. The molecule has 0 saturated carbocycles. The molecule has 0 saturated heterocycles. The van der Waals surface area contributed by atoms with E-state index in [9.17, 15) is 21.2 Å². The van der Waals surface area contributed by atoms with E-state index in [1.807, 2.05) is 0 Å². The van der Waals surface area contributed by atoms with Crippen molar-refractivity contribution >= 4 is 20.0 Å². The number of hydrogen-bond donors (Lipinski definition) is 2. The normalized spacial score (nSPS) is 12.8. The fourth-order valence-electron chi connectivity index (χ4n) is 1.55. The van der Waals surface area contributed by atoms with Gasteiger partial charge < -0.3 is 5.73 Å². The van der Waals surface area contributed by atoms with Crippen LogP contribution >= 0.6 is 0 Å². The van der Waals surface area contributed by atoms with Crippen LogP contribution in [-0.4, -0.2) is 47.5 Å². The predicted octanol–water partition coefficient (Wildman–Crippen LogP) is -0.546. The highest BCUT2D eigenvalue weighted by Gasteiger charge is 2.21. The molecular weight excluding hydrogens is 321 g/mol. The van der Waals surface area contributed by atoms with E-state index >= 15 is 0 Å². The average Bonchev–Trinajstić information content (AvgIpc) is 2.37. The van der Waals surface area contributed by atoms with E-state index in [0.717, 1.165) is 10.4 Å². The second kappa shape index (κ2) is 6.79. The standard InChI is InChI=1S/C11H18FN3O4S2/c1-15(2)20(16,17)7-6-14-21(18,19)11-5-3-4-10(12)9(11)8-13/h3-5,14H,6-8,13H2,1-2H3. The maximum Gasteiger partial charge on any atom is 0.241 e. The lowest BCUT2D eigenvalue weighted by atomic mass is 10.2. The Kier molecular flexibility index (Phi) is 5.82. The Morgan fingerprint density at radius 3 is 2.38 bits per heavy atom. The Morgan fingerprint density at radius 2 is 1.86 bits per heavy atom. The third-order valence-corrected chi connectivity index (χ3v) is 6.16. The predicted molar refractivity (Wildman–Crippen MR) is 77.0 cm³/mol. The Balaban J connectivity index is 2.92. The molecular formula is C11H18FN3O4S2. The minimum absolute atomic E-state index is 0.138. The zero-order valence-electron chi connectivity index (χ0n) is 11.7. The molecule has 0 fully saturated rings. The van der Waals surface area contributed by atoms with Gasteiger partial charge in [0.05, 0.1) is 10.6 Å². The number of nitrogens with zero attached hydrogens (tertiary/aromatic N) is 1. The Bertz CT molecular complexity index is 702. The van der Waals surface area contributed by atoms with Gasteiger partial charge in [-0.3, -0.25) is 0 Å². The summed E-state index contributed by atoms with van der Waals surface area (Å²) in [5, 5.41) is 0. The Morgan fingerprint density at radius 1 is 1.24 bits per heavy atom. The molecule has 0 aliphatic rings. The summed E-state index contributed by atoms with van der Waals surface area (Å²) in [6, 6.07) is 3.57. The van der Waals surface area contributed by atoms with Crippen molar-refractivity contribution < 1.29 is 21.2 Å². The van der Waals surface area contributed by atoms with E-state index in [-0.39, 0.29) is 23.5 Å². The molecule has 1 aromatic carbocycles. The number of benzene rings is 1. The van der Waals surface area contributed by atoms with Crippen molar-refractivity contribution in [2.24, 2.45) is 5.73 Å². The highest BCUT2D eigenvalue weighted by atomic mass is 32.2. The van der Waals surface area contributed by atoms with Crippen molar-refractivity contribution in [3.05, 3.63) is 29.6 Å². The van der Waals surface area contributed by atoms with E-state index in [4.69, 9.17) is 5.73 Å². The van der Waals surface area contributed by atoms with E-state index in [0.29, 0.717) is 0 Å². The molecule has 21 heavy (non-hydrogen) atoms. The lowest BCUT2D eigenvalue weighted by Gasteiger charge is -2.13. The summed E-state index contributed by atoms with van der Waals surface area (Å²) in [4.78, 5) is -0.285.